The molecule has 3 aliphatic heterocycles. The van der Waals surface area contributed by atoms with Crippen molar-refractivity contribution in [2.45, 2.75) is 60.0 Å². The summed E-state index contributed by atoms with van der Waals surface area (Å²) in [5.41, 5.74) is 8.65. The lowest BCUT2D eigenvalue weighted by Gasteiger charge is -2.25. The molecule has 500 valence electrons. The second kappa shape index (κ2) is 24.8. The van der Waals surface area contributed by atoms with E-state index in [9.17, 15) is 0 Å². The molecule has 15 aromatic rings. The third-order valence-corrected chi connectivity index (χ3v) is 19.7. The first-order valence-electron chi connectivity index (χ1n) is 34.6. The second-order valence-electron chi connectivity index (χ2n) is 25.5. The first-order valence-corrected chi connectivity index (χ1v) is 33.1. The van der Waals surface area contributed by atoms with E-state index in [1.54, 1.807) is 0 Å². The number of hydrogen-bond donors (Lipinski definition) is 0. The van der Waals surface area contributed by atoms with Crippen molar-refractivity contribution in [1.29, 1.82) is 0 Å². The Morgan fingerprint density at radius 1 is 0.455 bits per heavy atom. The minimum atomic E-state index is -2.22. The fraction of sp³-hybridized carbons (Fsp3) is 0.240. The molecule has 3 atom stereocenters. The van der Waals surface area contributed by atoms with Crippen LogP contribution in [-0.2, 0) is 63.4 Å². The van der Waals surface area contributed by atoms with Crippen LogP contribution in [0.4, 0.5) is 46.3 Å². The van der Waals surface area contributed by atoms with Crippen LogP contribution in [-0.4, -0.2) is 79.0 Å². The number of hydrogen-bond acceptors (Lipinski definition) is 10. The average molecular weight is 1330 g/mol. The molecule has 0 fully saturated rings. The molecule has 24 nitrogen and oxygen atoms in total. The van der Waals surface area contributed by atoms with E-state index in [1.165, 1.54) is 11.4 Å². The summed E-state index contributed by atoms with van der Waals surface area (Å²) in [5.74, 6) is 11.2. The van der Waals surface area contributed by atoms with E-state index in [4.69, 9.17) is 9.10 Å². The number of benzene rings is 2. The van der Waals surface area contributed by atoms with Crippen LogP contribution in [0, 0.1) is 20.7 Å². The highest BCUT2D eigenvalue weighted by Gasteiger charge is 2.43. The van der Waals surface area contributed by atoms with E-state index in [0.717, 1.165) is 86.2 Å². The first kappa shape index (κ1) is 59.3. The summed E-state index contributed by atoms with van der Waals surface area (Å²) in [6, 6.07) is 43.8. The molecule has 2 aromatic carbocycles. The maximum atomic E-state index is 7.74. The Labute approximate surface area is 579 Å². The molecule has 18 rings (SSSR count). The minimum Gasteiger partial charge on any atom is -0.299 e. The predicted octanol–water partition coefficient (Wildman–Crippen LogP) is 9.27. The summed E-state index contributed by atoms with van der Waals surface area (Å²) in [7, 11) is 18.4. The van der Waals surface area contributed by atoms with Gasteiger partial charge in [0.2, 0.25) is 23.0 Å². The molecular weight excluding hydrogens is 1240 g/mol. The van der Waals surface area contributed by atoms with Crippen LogP contribution in [0.25, 0.3) is 51.3 Å². The summed E-state index contributed by atoms with van der Waals surface area (Å²) in [4.78, 5) is 31.7. The molecule has 13 aromatic heterocycles. The van der Waals surface area contributed by atoms with Gasteiger partial charge in [-0.1, -0.05) is 42.5 Å². The third-order valence-electron chi connectivity index (χ3n) is 19.7. The van der Waals surface area contributed by atoms with Gasteiger partial charge in [0.15, 0.2) is 36.1 Å². The van der Waals surface area contributed by atoms with Crippen LogP contribution in [0.1, 0.15) is 42.0 Å². The quantitative estimate of drug-likeness (QED) is 0.136. The van der Waals surface area contributed by atoms with Crippen LogP contribution in [0.5, 0.6) is 0 Å². The van der Waals surface area contributed by atoms with E-state index in [0.29, 0.717) is 11.5 Å². The number of aryl methyl sites for hydroxylation is 11. The van der Waals surface area contributed by atoms with Gasteiger partial charge in [-0.25, -0.2) is 48.0 Å². The summed E-state index contributed by atoms with van der Waals surface area (Å²) in [6.07, 6.45) is 33.1. The van der Waals surface area contributed by atoms with Gasteiger partial charge in [-0.3, -0.25) is 46.0 Å². The van der Waals surface area contributed by atoms with Crippen molar-refractivity contribution in [1.82, 2.24) is 60.5 Å². The van der Waals surface area contributed by atoms with Gasteiger partial charge >= 0.3 is 11.6 Å². The lowest BCUT2D eigenvalue weighted by atomic mass is 10.2. The van der Waals surface area contributed by atoms with Gasteiger partial charge < -0.3 is 0 Å². The summed E-state index contributed by atoms with van der Waals surface area (Å²) >= 11 is 0. The normalized spacial score (nSPS) is 16.3. The monoisotopic (exact) mass is 1320 g/mol. The number of para-hydroxylation sites is 4. The Morgan fingerprint density at radius 3 is 1.60 bits per heavy atom. The Hall–Kier alpha value is -12.2. The van der Waals surface area contributed by atoms with Gasteiger partial charge in [0.05, 0.1) is 87.3 Å². The Bertz CT molecular complexity index is 5720. The zero-order valence-corrected chi connectivity index (χ0v) is 58.3. The lowest BCUT2D eigenvalue weighted by molar-refractivity contribution is -0.688. The molecule has 0 saturated heterocycles. The second-order valence-corrected chi connectivity index (χ2v) is 25.5. The molecule has 0 spiro atoms. The highest BCUT2D eigenvalue weighted by atomic mass is 15.5. The molecule has 0 radical (unpaired) electrons. The van der Waals surface area contributed by atoms with Crippen molar-refractivity contribution in [3.05, 3.63) is 244 Å². The molecule has 0 aliphatic carbocycles. The zero-order chi connectivity index (χ0) is 71.3. The fourth-order valence-corrected chi connectivity index (χ4v) is 14.4. The van der Waals surface area contributed by atoms with Crippen molar-refractivity contribution >= 4 is 80.4 Å². The largest absolute Gasteiger partial charge is 0.325 e. The van der Waals surface area contributed by atoms with Gasteiger partial charge in [0, 0.05) is 112 Å². The number of pyridine rings is 4. The molecule has 0 bridgehead atoms. The summed E-state index contributed by atoms with van der Waals surface area (Å²) in [6.45, 7) is 8.18. The van der Waals surface area contributed by atoms with Crippen molar-refractivity contribution in [3.63, 3.8) is 0 Å². The van der Waals surface area contributed by atoms with Crippen molar-refractivity contribution in [3.8, 4) is 17.2 Å². The fourth-order valence-electron chi connectivity index (χ4n) is 14.4. The van der Waals surface area contributed by atoms with E-state index in [-0.39, 0.29) is 24.2 Å². The molecular formula is C75H85N24+5. The number of fused-ring (bicyclic) bond motifs is 7. The standard InChI is InChI=1S/C20H20N6.C20H21N6.C19H25N6.C16H19N6/c1-22-12-7-6-10-17(22)18-11-13-26(24(18)3)19-14-25-16-9-5-4-8-15(16)21-20(25)23(19)2;1-15-25(18-10-6-7-12-22(18)2)16-8-4-5-9-17(16)26(15)19-14-24-13-11-21-20(24)23(19)3;1-13-14(2)25-15(3)18(22(6)19(25)20-13)24-12-11-23(16(24)4)17-9-7-8-10-21(17)5;1-13-21(14-6-4-5-8-18(14)2)10-11-22(13)15-12-20-9-7-17-16(20)19(15)3/h4-14H,1-3H3;4-15H,1-3H3;7-12,16H,1-6H3;4-13H,1-3H3/q+2;3*+1/t;15-;16-;13-/m.000/s1/i;;1D3;. The maximum absolute atomic E-state index is 7.74. The van der Waals surface area contributed by atoms with Crippen LogP contribution < -0.4 is 52.3 Å². The molecule has 16 heterocycles. The lowest BCUT2D eigenvalue weighted by Crippen LogP contribution is -2.43. The number of rotatable bonds is 8. The van der Waals surface area contributed by atoms with Gasteiger partial charge in [-0.05, 0) is 90.0 Å². The Balaban J connectivity index is 0.000000110. The minimum absolute atomic E-state index is 0.0630. The van der Waals surface area contributed by atoms with Gasteiger partial charge in [-0.15, -0.1) is 4.68 Å². The number of aromatic nitrogens is 18. The van der Waals surface area contributed by atoms with Gasteiger partial charge in [-0.2, -0.15) is 14.1 Å². The van der Waals surface area contributed by atoms with Crippen LogP contribution >= 0.6 is 0 Å². The summed E-state index contributed by atoms with van der Waals surface area (Å²) < 4.78 is 52.5. The maximum Gasteiger partial charge on any atom is 0.325 e. The van der Waals surface area contributed by atoms with E-state index in [1.807, 2.05) is 122 Å². The number of anilines is 8. The zero-order valence-electron chi connectivity index (χ0n) is 61.3. The number of nitrogens with zero attached hydrogens (tertiary/aromatic N) is 24. The molecule has 0 unspecified atom stereocenters. The molecule has 3 aliphatic rings. The van der Waals surface area contributed by atoms with Gasteiger partial charge in [0.1, 0.15) is 49.3 Å². The molecule has 0 amide bonds. The van der Waals surface area contributed by atoms with Crippen LogP contribution in [0.15, 0.2) is 227 Å². The van der Waals surface area contributed by atoms with Gasteiger partial charge in [0.25, 0.3) is 17.5 Å². The van der Waals surface area contributed by atoms with Crippen LogP contribution in [0.3, 0.4) is 0 Å². The SMILES string of the molecule is C[C@@H]1N(c2cn3ccnc3n2C)C=CN1c1cccc[n+]1C.C[C@@H]1N(c2cn3ccnc3n2C)c2ccccc2N1c1cccc[n+]1C.Cn1c(-[n+]2ccc(-c3cccc[n+]3C)n2C)cn2c3ccccc3nc12.[2H]C([2H])([2H])c1nc2n(C)c(N3C=CN(c4cccc[n+]4C)[C@@H]3C)c(C)n2c1C. The third kappa shape index (κ3) is 10.4. The average Bonchev–Trinajstić information content (AvgIpc) is 1.59. The molecule has 24 heteroatoms. The Morgan fingerprint density at radius 2 is 0.990 bits per heavy atom. The van der Waals surface area contributed by atoms with Crippen molar-refractivity contribution in [2.75, 3.05) is 29.4 Å². The highest BCUT2D eigenvalue weighted by molar-refractivity contribution is 5.86. The molecule has 99 heavy (non-hydrogen) atoms. The molecule has 0 N–H and O–H groups in total. The van der Waals surface area contributed by atoms with Crippen molar-refractivity contribution < 1.29 is 27.1 Å². The topological polar surface area (TPSA) is 133 Å². The van der Waals surface area contributed by atoms with Crippen molar-refractivity contribution in [2.24, 2.45) is 63.4 Å². The van der Waals surface area contributed by atoms with E-state index in [2.05, 4.69) is 311 Å². The van der Waals surface area contributed by atoms with E-state index < -0.39 is 6.85 Å². The highest BCUT2D eigenvalue weighted by Crippen LogP contribution is 2.47. The van der Waals surface area contributed by atoms with E-state index >= 15 is 0 Å². The first-order chi connectivity index (χ1) is 49.1. The summed E-state index contributed by atoms with van der Waals surface area (Å²) in [5, 5.41) is 0. The molecule has 0 saturated carbocycles. The number of imidazole rings is 8. The smallest absolute Gasteiger partial charge is 0.299 e. The predicted molar refractivity (Wildman–Crippen MR) is 386 cm³/mol. The van der Waals surface area contributed by atoms with Crippen LogP contribution in [0.2, 0.25) is 0 Å². The Kier molecular flexibility index (Phi) is 14.8.